The standard InChI is InChI=1S/C13H17F2N/c1-9(2)13(6-3-7-16-13)10-4-5-11(14)12(15)8-10/h4-5,8-9,16H,3,6-7H2,1-2H3. The van der Waals surface area contributed by atoms with E-state index in [0.29, 0.717) is 5.92 Å². The molecular weight excluding hydrogens is 208 g/mol. The second kappa shape index (κ2) is 4.13. The normalized spacial score (nSPS) is 25.3. The fourth-order valence-electron chi connectivity index (χ4n) is 2.61. The molecule has 0 saturated carbocycles. The van der Waals surface area contributed by atoms with Crippen molar-refractivity contribution in [3.05, 3.63) is 35.4 Å². The van der Waals surface area contributed by atoms with Gasteiger partial charge in [-0.3, -0.25) is 0 Å². The molecule has 88 valence electrons. The monoisotopic (exact) mass is 225 g/mol. The average Bonchev–Trinajstić information content (AvgIpc) is 2.72. The van der Waals surface area contributed by atoms with Gasteiger partial charge in [-0.05, 0) is 43.0 Å². The lowest BCUT2D eigenvalue weighted by atomic mass is 9.79. The molecule has 1 heterocycles. The molecule has 0 bridgehead atoms. The van der Waals surface area contributed by atoms with Crippen LogP contribution in [0.5, 0.6) is 0 Å². The van der Waals surface area contributed by atoms with E-state index in [1.807, 2.05) is 0 Å². The van der Waals surface area contributed by atoms with Gasteiger partial charge in [0, 0.05) is 5.54 Å². The summed E-state index contributed by atoms with van der Waals surface area (Å²) in [5.74, 6) is -1.17. The van der Waals surface area contributed by atoms with Crippen LogP contribution in [0.1, 0.15) is 32.3 Å². The minimum Gasteiger partial charge on any atom is -0.307 e. The van der Waals surface area contributed by atoms with E-state index in [-0.39, 0.29) is 5.54 Å². The molecule has 1 aromatic carbocycles. The van der Waals surface area contributed by atoms with E-state index < -0.39 is 11.6 Å². The van der Waals surface area contributed by atoms with Crippen molar-refractivity contribution >= 4 is 0 Å². The zero-order chi connectivity index (χ0) is 11.8. The maximum atomic E-state index is 13.3. The third-order valence-electron chi connectivity index (χ3n) is 3.61. The van der Waals surface area contributed by atoms with Crippen LogP contribution in [-0.2, 0) is 5.54 Å². The Balaban J connectivity index is 2.43. The van der Waals surface area contributed by atoms with Gasteiger partial charge in [-0.25, -0.2) is 8.78 Å². The van der Waals surface area contributed by atoms with Crippen molar-refractivity contribution in [2.24, 2.45) is 5.92 Å². The van der Waals surface area contributed by atoms with Crippen LogP contribution in [-0.4, -0.2) is 6.54 Å². The molecule has 1 aliphatic heterocycles. The smallest absolute Gasteiger partial charge is 0.159 e. The molecule has 16 heavy (non-hydrogen) atoms. The second-order valence-corrected chi connectivity index (χ2v) is 4.79. The lowest BCUT2D eigenvalue weighted by molar-refractivity contribution is 0.275. The van der Waals surface area contributed by atoms with Crippen LogP contribution < -0.4 is 5.32 Å². The Bertz CT molecular complexity index is 382. The zero-order valence-corrected chi connectivity index (χ0v) is 9.69. The SMILES string of the molecule is CC(C)C1(c2ccc(F)c(F)c2)CCCN1. The van der Waals surface area contributed by atoms with E-state index in [0.717, 1.165) is 24.9 Å². The number of halogens is 2. The summed E-state index contributed by atoms with van der Waals surface area (Å²) in [4.78, 5) is 0. The highest BCUT2D eigenvalue weighted by atomic mass is 19.2. The molecule has 1 nitrogen and oxygen atoms in total. The third-order valence-corrected chi connectivity index (χ3v) is 3.61. The molecule has 0 aliphatic carbocycles. The van der Waals surface area contributed by atoms with Gasteiger partial charge >= 0.3 is 0 Å². The zero-order valence-electron chi connectivity index (χ0n) is 9.69. The summed E-state index contributed by atoms with van der Waals surface area (Å²) in [6.07, 6.45) is 2.06. The van der Waals surface area contributed by atoms with E-state index in [1.54, 1.807) is 6.07 Å². The summed E-state index contributed by atoms with van der Waals surface area (Å²) in [6.45, 7) is 5.16. The van der Waals surface area contributed by atoms with Crippen molar-refractivity contribution < 1.29 is 8.78 Å². The number of hydrogen-bond acceptors (Lipinski definition) is 1. The minimum atomic E-state index is -0.777. The summed E-state index contributed by atoms with van der Waals surface area (Å²) >= 11 is 0. The fourth-order valence-corrected chi connectivity index (χ4v) is 2.61. The molecule has 0 amide bonds. The molecule has 0 spiro atoms. The van der Waals surface area contributed by atoms with Crippen molar-refractivity contribution in [3.8, 4) is 0 Å². The van der Waals surface area contributed by atoms with Gasteiger partial charge in [0.05, 0.1) is 0 Å². The van der Waals surface area contributed by atoms with Gasteiger partial charge in [0.2, 0.25) is 0 Å². The molecule has 0 radical (unpaired) electrons. The molecule has 1 saturated heterocycles. The molecular formula is C13H17F2N. The van der Waals surface area contributed by atoms with Crippen LogP contribution in [0, 0.1) is 17.6 Å². The Morgan fingerprint density at radius 3 is 2.50 bits per heavy atom. The van der Waals surface area contributed by atoms with E-state index in [9.17, 15) is 8.78 Å². The first-order valence-electron chi connectivity index (χ1n) is 5.77. The highest BCUT2D eigenvalue weighted by Crippen LogP contribution is 2.38. The van der Waals surface area contributed by atoms with Gasteiger partial charge in [-0.1, -0.05) is 19.9 Å². The van der Waals surface area contributed by atoms with Crippen molar-refractivity contribution in [3.63, 3.8) is 0 Å². The topological polar surface area (TPSA) is 12.0 Å². The average molecular weight is 225 g/mol. The van der Waals surface area contributed by atoms with Crippen molar-refractivity contribution in [2.45, 2.75) is 32.2 Å². The lowest BCUT2D eigenvalue weighted by Gasteiger charge is -2.34. The van der Waals surface area contributed by atoms with Crippen LogP contribution in [0.3, 0.4) is 0 Å². The number of benzene rings is 1. The highest BCUT2D eigenvalue weighted by Gasteiger charge is 2.38. The van der Waals surface area contributed by atoms with Crippen molar-refractivity contribution in [2.75, 3.05) is 6.54 Å². The van der Waals surface area contributed by atoms with E-state index in [4.69, 9.17) is 0 Å². The van der Waals surface area contributed by atoms with E-state index in [1.165, 1.54) is 12.1 Å². The quantitative estimate of drug-likeness (QED) is 0.815. The lowest BCUT2D eigenvalue weighted by Crippen LogP contribution is -2.41. The van der Waals surface area contributed by atoms with Crippen LogP contribution >= 0.6 is 0 Å². The van der Waals surface area contributed by atoms with E-state index >= 15 is 0 Å². The predicted molar refractivity (Wildman–Crippen MR) is 60.1 cm³/mol. The molecule has 1 aromatic rings. The largest absolute Gasteiger partial charge is 0.307 e. The van der Waals surface area contributed by atoms with Crippen molar-refractivity contribution in [1.29, 1.82) is 0 Å². The summed E-state index contributed by atoms with van der Waals surface area (Å²) in [7, 11) is 0. The summed E-state index contributed by atoms with van der Waals surface area (Å²) in [5, 5.41) is 3.44. The van der Waals surface area contributed by atoms with Crippen LogP contribution in [0.15, 0.2) is 18.2 Å². The molecule has 1 fully saturated rings. The van der Waals surface area contributed by atoms with Gasteiger partial charge in [-0.15, -0.1) is 0 Å². The Kier molecular flexibility index (Phi) is 2.98. The Morgan fingerprint density at radius 2 is 2.00 bits per heavy atom. The van der Waals surface area contributed by atoms with Crippen LogP contribution in [0.2, 0.25) is 0 Å². The molecule has 1 atom stereocenters. The first-order valence-corrected chi connectivity index (χ1v) is 5.77. The first kappa shape index (κ1) is 11.5. The predicted octanol–water partition coefficient (Wildman–Crippen LogP) is 3.20. The fraction of sp³-hybridized carbons (Fsp3) is 0.538. The van der Waals surface area contributed by atoms with E-state index in [2.05, 4.69) is 19.2 Å². The van der Waals surface area contributed by atoms with Gasteiger partial charge in [0.1, 0.15) is 0 Å². The molecule has 0 aromatic heterocycles. The minimum absolute atomic E-state index is 0.186. The molecule has 3 heteroatoms. The number of hydrogen-bond donors (Lipinski definition) is 1. The molecule has 1 unspecified atom stereocenters. The molecule has 1 N–H and O–H groups in total. The number of rotatable bonds is 2. The first-order chi connectivity index (χ1) is 7.56. The van der Waals surface area contributed by atoms with Crippen LogP contribution in [0.25, 0.3) is 0 Å². The maximum Gasteiger partial charge on any atom is 0.159 e. The van der Waals surface area contributed by atoms with Gasteiger partial charge in [0.25, 0.3) is 0 Å². The van der Waals surface area contributed by atoms with Gasteiger partial charge in [-0.2, -0.15) is 0 Å². The van der Waals surface area contributed by atoms with Crippen LogP contribution in [0.4, 0.5) is 8.78 Å². The Morgan fingerprint density at radius 1 is 1.25 bits per heavy atom. The Labute approximate surface area is 94.9 Å². The Hall–Kier alpha value is -0.960. The number of nitrogens with one attached hydrogen (secondary N) is 1. The van der Waals surface area contributed by atoms with Crippen molar-refractivity contribution in [1.82, 2.24) is 5.32 Å². The summed E-state index contributed by atoms with van der Waals surface area (Å²) in [5.41, 5.74) is 0.674. The highest BCUT2D eigenvalue weighted by molar-refractivity contribution is 5.28. The summed E-state index contributed by atoms with van der Waals surface area (Å²) in [6, 6.07) is 4.24. The van der Waals surface area contributed by atoms with Gasteiger partial charge < -0.3 is 5.32 Å². The van der Waals surface area contributed by atoms with Gasteiger partial charge in [0.15, 0.2) is 11.6 Å². The molecule has 1 aliphatic rings. The third kappa shape index (κ3) is 1.73. The maximum absolute atomic E-state index is 13.3. The second-order valence-electron chi connectivity index (χ2n) is 4.79. The molecule has 2 rings (SSSR count). The summed E-state index contributed by atoms with van der Waals surface area (Å²) < 4.78 is 26.2.